The van der Waals surface area contributed by atoms with Crippen LogP contribution in [0.5, 0.6) is 0 Å². The van der Waals surface area contributed by atoms with E-state index in [0.717, 1.165) is 53.0 Å². The molecule has 0 aliphatic carbocycles. The van der Waals surface area contributed by atoms with Crippen LogP contribution in [0.4, 0.5) is 10.1 Å². The third-order valence-electron chi connectivity index (χ3n) is 4.42. The lowest BCUT2D eigenvalue weighted by molar-refractivity contribution is -0.0315. The summed E-state index contributed by atoms with van der Waals surface area (Å²) in [6.45, 7) is 11.1. The van der Waals surface area contributed by atoms with Crippen LogP contribution >= 0.6 is 0 Å². The third-order valence-corrected chi connectivity index (χ3v) is 4.42. The average molecular weight is 381 g/mol. The lowest BCUT2D eigenvalue weighted by Gasteiger charge is -2.26. The number of rotatable bonds is 3. The van der Waals surface area contributed by atoms with Crippen LogP contribution in [0.25, 0.3) is 17.0 Å². The molecule has 2 N–H and O–H groups in total. The highest BCUT2D eigenvalue weighted by Gasteiger charge is 2.20. The molecule has 0 atom stereocenters. The van der Waals surface area contributed by atoms with E-state index in [0.29, 0.717) is 5.92 Å². The number of ether oxygens (including phenoxy) is 1. The minimum Gasteiger partial charge on any atom is -0.397 e. The average Bonchev–Trinajstić information content (AvgIpc) is 2.68. The smallest absolute Gasteiger partial charge is 0.127 e. The Bertz CT molecular complexity index is 920. The summed E-state index contributed by atoms with van der Waals surface area (Å²) in [6.07, 6.45) is 2.43. The molecule has 0 spiro atoms. The molecule has 3 nitrogen and oxygen atoms in total. The van der Waals surface area contributed by atoms with Crippen LogP contribution < -0.4 is 5.73 Å². The monoisotopic (exact) mass is 380 g/mol. The summed E-state index contributed by atoms with van der Waals surface area (Å²) in [5, 5.41) is 1.10. The Hall–Kier alpha value is -2.72. The van der Waals surface area contributed by atoms with Gasteiger partial charge in [-0.3, -0.25) is 4.98 Å². The molecule has 3 aromatic rings. The number of para-hydroxylation sites is 1. The van der Waals surface area contributed by atoms with Gasteiger partial charge in [-0.2, -0.15) is 0 Å². The zero-order valence-electron chi connectivity index (χ0n) is 16.9. The fourth-order valence-electron chi connectivity index (χ4n) is 2.84. The van der Waals surface area contributed by atoms with Crippen molar-refractivity contribution in [1.82, 2.24) is 4.98 Å². The van der Waals surface area contributed by atoms with Crippen molar-refractivity contribution in [2.24, 2.45) is 5.92 Å². The molecule has 148 valence electrons. The number of anilines is 1. The summed E-state index contributed by atoms with van der Waals surface area (Å²) in [5.41, 5.74) is 10.0. The Morgan fingerprint density at radius 2 is 1.93 bits per heavy atom. The number of pyridine rings is 1. The van der Waals surface area contributed by atoms with Crippen molar-refractivity contribution in [3.63, 3.8) is 0 Å². The number of halogens is 1. The van der Waals surface area contributed by atoms with Gasteiger partial charge in [-0.15, -0.1) is 0 Å². The van der Waals surface area contributed by atoms with E-state index in [9.17, 15) is 4.39 Å². The van der Waals surface area contributed by atoms with Gasteiger partial charge in [0.15, 0.2) is 0 Å². The van der Waals surface area contributed by atoms with Gasteiger partial charge in [-0.25, -0.2) is 4.39 Å². The van der Waals surface area contributed by atoms with Crippen LogP contribution in [-0.2, 0) is 11.2 Å². The third kappa shape index (κ3) is 5.64. The van der Waals surface area contributed by atoms with Crippen LogP contribution in [0, 0.1) is 18.7 Å². The molecule has 1 aliphatic rings. The summed E-state index contributed by atoms with van der Waals surface area (Å²) >= 11 is 0. The predicted molar refractivity (Wildman–Crippen MR) is 117 cm³/mol. The van der Waals surface area contributed by atoms with E-state index in [2.05, 4.69) is 11.6 Å². The molecular formula is C24H29FN2O. The standard InChI is InChI=1S/C12H13FO.C10H10N2.C2H6/c1-2-9-3-4-11(12(13)6-9)5-10-7-14-8-10;1-7-5-6-8-3-2-4-9(11)10(8)12-7;1-2/h2-4,6,10H,1,5,7-8H2;2-6H,11H2,1H3;1-2H3. The highest BCUT2D eigenvalue weighted by molar-refractivity contribution is 5.89. The van der Waals surface area contributed by atoms with Gasteiger partial charge in [-0.1, -0.05) is 56.8 Å². The van der Waals surface area contributed by atoms with E-state index in [1.807, 2.05) is 63.2 Å². The maximum Gasteiger partial charge on any atom is 0.127 e. The SMILES string of the molecule is C=Cc1ccc(CC2COC2)c(F)c1.CC.Cc1ccc2cccc(N)c2n1. The Labute approximate surface area is 167 Å². The first kappa shape index (κ1) is 21.6. The number of nitrogens with two attached hydrogens (primary N) is 1. The van der Waals surface area contributed by atoms with Crippen LogP contribution in [0.2, 0.25) is 0 Å². The van der Waals surface area contributed by atoms with Gasteiger partial charge in [0.05, 0.1) is 24.4 Å². The van der Waals surface area contributed by atoms with E-state index in [-0.39, 0.29) is 5.82 Å². The lowest BCUT2D eigenvalue weighted by Crippen LogP contribution is -2.29. The molecular weight excluding hydrogens is 351 g/mol. The summed E-state index contributed by atoms with van der Waals surface area (Å²) in [5.74, 6) is 0.369. The molecule has 2 heterocycles. The fraction of sp³-hybridized carbons (Fsp3) is 0.292. The molecule has 0 bridgehead atoms. The van der Waals surface area contributed by atoms with E-state index < -0.39 is 0 Å². The second-order valence-corrected chi connectivity index (χ2v) is 6.53. The number of hydrogen-bond acceptors (Lipinski definition) is 3. The maximum absolute atomic E-state index is 13.5. The highest BCUT2D eigenvalue weighted by atomic mass is 19.1. The van der Waals surface area contributed by atoms with Gasteiger partial charge >= 0.3 is 0 Å². The lowest BCUT2D eigenvalue weighted by atomic mass is 9.97. The number of nitrogen functional groups attached to an aromatic ring is 1. The highest BCUT2D eigenvalue weighted by Crippen LogP contribution is 2.20. The maximum atomic E-state index is 13.5. The summed E-state index contributed by atoms with van der Waals surface area (Å²) < 4.78 is 18.5. The molecule has 1 fully saturated rings. The zero-order valence-corrected chi connectivity index (χ0v) is 16.9. The molecule has 0 radical (unpaired) electrons. The topological polar surface area (TPSA) is 48.1 Å². The fourth-order valence-corrected chi connectivity index (χ4v) is 2.84. The Kier molecular flexibility index (Phi) is 8.15. The quantitative estimate of drug-likeness (QED) is 0.583. The van der Waals surface area contributed by atoms with Gasteiger partial charge < -0.3 is 10.5 Å². The minimum absolute atomic E-state index is 0.130. The van der Waals surface area contributed by atoms with E-state index >= 15 is 0 Å². The van der Waals surface area contributed by atoms with Crippen LogP contribution in [-0.4, -0.2) is 18.2 Å². The molecule has 1 aliphatic heterocycles. The molecule has 1 saturated heterocycles. The minimum atomic E-state index is -0.130. The zero-order chi connectivity index (χ0) is 20.5. The number of aryl methyl sites for hydroxylation is 1. The Balaban J connectivity index is 0.000000186. The van der Waals surface area contributed by atoms with Crippen molar-refractivity contribution in [2.75, 3.05) is 18.9 Å². The van der Waals surface area contributed by atoms with Gasteiger partial charge in [0.1, 0.15) is 5.82 Å². The van der Waals surface area contributed by atoms with E-state index in [4.69, 9.17) is 10.5 Å². The first-order valence-electron chi connectivity index (χ1n) is 9.67. The molecule has 4 rings (SSSR count). The number of nitrogens with zero attached hydrogens (tertiary/aromatic N) is 1. The van der Waals surface area contributed by atoms with Crippen LogP contribution in [0.15, 0.2) is 55.1 Å². The van der Waals surface area contributed by atoms with Gasteiger partial charge in [0, 0.05) is 17.0 Å². The van der Waals surface area contributed by atoms with Crippen molar-refractivity contribution in [1.29, 1.82) is 0 Å². The van der Waals surface area contributed by atoms with Gasteiger partial charge in [0.2, 0.25) is 0 Å². The largest absolute Gasteiger partial charge is 0.397 e. The van der Waals surface area contributed by atoms with Crippen molar-refractivity contribution in [2.45, 2.75) is 27.2 Å². The molecule has 4 heteroatoms. The second-order valence-electron chi connectivity index (χ2n) is 6.53. The molecule has 0 saturated carbocycles. The first-order valence-corrected chi connectivity index (χ1v) is 9.67. The molecule has 1 aromatic heterocycles. The Morgan fingerprint density at radius 3 is 2.54 bits per heavy atom. The van der Waals surface area contributed by atoms with Crippen molar-refractivity contribution < 1.29 is 9.13 Å². The molecule has 0 unspecified atom stereocenters. The molecule has 28 heavy (non-hydrogen) atoms. The van der Waals surface area contributed by atoms with Crippen LogP contribution in [0.1, 0.15) is 30.7 Å². The summed E-state index contributed by atoms with van der Waals surface area (Å²) in [4.78, 5) is 4.35. The number of hydrogen-bond donors (Lipinski definition) is 1. The normalized spacial score (nSPS) is 12.9. The number of fused-ring (bicyclic) bond motifs is 1. The van der Waals surface area contributed by atoms with Crippen molar-refractivity contribution in [3.05, 3.63) is 77.7 Å². The molecule has 0 amide bonds. The van der Waals surface area contributed by atoms with Crippen LogP contribution in [0.3, 0.4) is 0 Å². The summed E-state index contributed by atoms with van der Waals surface area (Å²) in [6, 6.07) is 15.1. The number of benzene rings is 2. The number of aromatic nitrogens is 1. The van der Waals surface area contributed by atoms with Crippen molar-refractivity contribution in [3.8, 4) is 0 Å². The van der Waals surface area contributed by atoms with Crippen molar-refractivity contribution >= 4 is 22.7 Å². The van der Waals surface area contributed by atoms with Gasteiger partial charge in [-0.05, 0) is 42.7 Å². The second kappa shape index (κ2) is 10.6. The van der Waals surface area contributed by atoms with Gasteiger partial charge in [0.25, 0.3) is 0 Å². The van der Waals surface area contributed by atoms with E-state index in [1.54, 1.807) is 6.08 Å². The summed E-state index contributed by atoms with van der Waals surface area (Å²) in [7, 11) is 0. The Morgan fingerprint density at radius 1 is 1.18 bits per heavy atom. The first-order chi connectivity index (χ1) is 13.6. The van der Waals surface area contributed by atoms with E-state index in [1.165, 1.54) is 6.07 Å². The molecule has 2 aromatic carbocycles. The predicted octanol–water partition coefficient (Wildman–Crippen LogP) is 5.81.